The molecule has 0 aliphatic rings. The maximum atomic E-state index is 12.7. The van der Waals surface area contributed by atoms with Gasteiger partial charge in [-0.15, -0.1) is 0 Å². The number of sulfonamides is 1. The molecule has 7 nitrogen and oxygen atoms in total. The lowest BCUT2D eigenvalue weighted by molar-refractivity contribution is 0.246. The highest BCUT2D eigenvalue weighted by Gasteiger charge is 2.21. The van der Waals surface area contributed by atoms with Crippen molar-refractivity contribution in [1.29, 1.82) is 0 Å². The molecule has 1 aromatic heterocycles. The Morgan fingerprint density at radius 2 is 1.86 bits per heavy atom. The molecule has 3 aromatic rings. The van der Waals surface area contributed by atoms with Crippen molar-refractivity contribution in [2.24, 2.45) is 0 Å². The van der Waals surface area contributed by atoms with Gasteiger partial charge in [0.25, 0.3) is 10.0 Å². The van der Waals surface area contributed by atoms with Gasteiger partial charge in [0.05, 0.1) is 11.2 Å². The van der Waals surface area contributed by atoms with Crippen molar-refractivity contribution in [3.8, 4) is 11.1 Å². The van der Waals surface area contributed by atoms with Crippen molar-refractivity contribution >= 4 is 16.1 Å². The molecule has 2 aromatic carbocycles. The van der Waals surface area contributed by atoms with Crippen LogP contribution < -0.4 is 10.0 Å². The van der Waals surface area contributed by atoms with Gasteiger partial charge in [0, 0.05) is 31.0 Å². The summed E-state index contributed by atoms with van der Waals surface area (Å²) in [5.74, 6) is 0. The molecule has 0 radical (unpaired) electrons. The van der Waals surface area contributed by atoms with E-state index in [1.54, 1.807) is 30.7 Å². The third-order valence-corrected chi connectivity index (χ3v) is 5.52. The van der Waals surface area contributed by atoms with Gasteiger partial charge >= 0.3 is 6.03 Å². The topological polar surface area (TPSA) is 93.1 Å². The highest BCUT2D eigenvalue weighted by atomic mass is 32.2. The number of carbonyl (C=O) groups excluding carboxylic acids is 1. The minimum absolute atomic E-state index is 0.0593. The van der Waals surface area contributed by atoms with Crippen LogP contribution in [0.1, 0.15) is 18.9 Å². The van der Waals surface area contributed by atoms with Gasteiger partial charge in [-0.1, -0.05) is 49.4 Å². The van der Waals surface area contributed by atoms with E-state index < -0.39 is 16.1 Å². The summed E-state index contributed by atoms with van der Waals surface area (Å²) >= 11 is 0. The molecule has 2 N–H and O–H groups in total. The molecule has 3 rings (SSSR count). The Morgan fingerprint density at radius 3 is 2.54 bits per heavy atom. The first-order chi connectivity index (χ1) is 13.5. The Hall–Kier alpha value is -3.13. The zero-order valence-electron chi connectivity index (χ0n) is 15.5. The highest BCUT2D eigenvalue weighted by Crippen LogP contribution is 2.27. The molecule has 0 aliphatic carbocycles. The van der Waals surface area contributed by atoms with Crippen molar-refractivity contribution < 1.29 is 13.2 Å². The van der Waals surface area contributed by atoms with Crippen molar-refractivity contribution in [2.45, 2.75) is 24.8 Å². The first kappa shape index (κ1) is 19.6. The predicted octanol–water partition coefficient (Wildman–Crippen LogP) is 3.00. The Labute approximate surface area is 164 Å². The number of nitrogens with one attached hydrogen (secondary N) is 2. The number of urea groups is 1. The molecule has 0 saturated heterocycles. The number of carbonyl (C=O) groups is 1. The van der Waals surface area contributed by atoms with Gasteiger partial charge in [-0.25, -0.2) is 22.9 Å². The molecule has 1 heterocycles. The first-order valence-corrected chi connectivity index (χ1v) is 10.4. The summed E-state index contributed by atoms with van der Waals surface area (Å²) in [5, 5.41) is 2.51. The molecule has 8 heteroatoms. The standard InChI is InChI=1S/C20H22N4O3S/c1-2-11-22-20(25)23-28(26,27)19-6-4-3-5-18(19)17-9-7-16(8-10-17)14-24-13-12-21-15-24/h3-10,12-13,15H,2,11,14H2,1H3,(H2,22,23,25). The van der Waals surface area contributed by atoms with Crippen LogP contribution in [0.4, 0.5) is 4.79 Å². The summed E-state index contributed by atoms with van der Waals surface area (Å²) in [6, 6.07) is 13.5. The van der Waals surface area contributed by atoms with Crippen LogP contribution in [-0.2, 0) is 16.6 Å². The summed E-state index contributed by atoms with van der Waals surface area (Å²) in [4.78, 5) is 15.9. The predicted molar refractivity (Wildman–Crippen MR) is 107 cm³/mol. The average Bonchev–Trinajstić information content (AvgIpc) is 3.20. The quantitative estimate of drug-likeness (QED) is 0.640. The lowest BCUT2D eigenvalue weighted by Gasteiger charge is -2.13. The number of aromatic nitrogens is 2. The summed E-state index contributed by atoms with van der Waals surface area (Å²) in [7, 11) is -3.99. The van der Waals surface area contributed by atoms with Crippen molar-refractivity contribution in [3.63, 3.8) is 0 Å². The fraction of sp³-hybridized carbons (Fsp3) is 0.200. The maximum absolute atomic E-state index is 12.7. The summed E-state index contributed by atoms with van der Waals surface area (Å²) in [6.07, 6.45) is 6.06. The first-order valence-electron chi connectivity index (χ1n) is 8.94. The molecule has 0 unspecified atom stereocenters. The summed E-state index contributed by atoms with van der Waals surface area (Å²) in [6.45, 7) is 2.97. The van der Waals surface area contributed by atoms with Gasteiger partial charge in [-0.2, -0.15) is 0 Å². The molecule has 0 atom stereocenters. The molecular weight excluding hydrogens is 376 g/mol. The SMILES string of the molecule is CCCNC(=O)NS(=O)(=O)c1ccccc1-c1ccc(Cn2ccnc2)cc1. The maximum Gasteiger partial charge on any atom is 0.328 e. The largest absolute Gasteiger partial charge is 0.337 e. The van der Waals surface area contributed by atoms with E-state index in [0.29, 0.717) is 18.7 Å². The number of rotatable bonds is 7. The van der Waals surface area contributed by atoms with E-state index in [1.165, 1.54) is 6.07 Å². The number of nitrogens with zero attached hydrogens (tertiary/aromatic N) is 2. The third-order valence-electron chi connectivity index (χ3n) is 4.13. The molecule has 0 spiro atoms. The molecule has 0 saturated carbocycles. The molecule has 0 bridgehead atoms. The Morgan fingerprint density at radius 1 is 1.11 bits per heavy atom. The minimum atomic E-state index is -3.99. The van der Waals surface area contributed by atoms with E-state index in [2.05, 4.69) is 15.0 Å². The summed E-state index contributed by atoms with van der Waals surface area (Å²) in [5.41, 5.74) is 2.36. The van der Waals surface area contributed by atoms with E-state index in [4.69, 9.17) is 0 Å². The van der Waals surface area contributed by atoms with Crippen LogP contribution in [0.3, 0.4) is 0 Å². The number of hydrogen-bond acceptors (Lipinski definition) is 4. The van der Waals surface area contributed by atoms with Gasteiger partial charge in [0.2, 0.25) is 0 Å². The molecule has 146 valence electrons. The van der Waals surface area contributed by atoms with Crippen molar-refractivity contribution in [2.75, 3.05) is 6.54 Å². The van der Waals surface area contributed by atoms with Gasteiger partial charge in [-0.3, -0.25) is 0 Å². The Kier molecular flexibility index (Phi) is 6.10. The normalized spacial score (nSPS) is 11.2. The van der Waals surface area contributed by atoms with Gasteiger partial charge in [-0.05, 0) is 23.6 Å². The Bertz CT molecular complexity index is 1030. The van der Waals surface area contributed by atoms with Gasteiger partial charge in [0.1, 0.15) is 0 Å². The summed E-state index contributed by atoms with van der Waals surface area (Å²) < 4.78 is 29.4. The van der Waals surface area contributed by atoms with E-state index >= 15 is 0 Å². The minimum Gasteiger partial charge on any atom is -0.337 e. The average molecular weight is 398 g/mol. The van der Waals surface area contributed by atoms with Crippen molar-refractivity contribution in [3.05, 3.63) is 72.8 Å². The third kappa shape index (κ3) is 4.77. The lowest BCUT2D eigenvalue weighted by Crippen LogP contribution is -2.39. The fourth-order valence-electron chi connectivity index (χ4n) is 2.77. The van der Waals surface area contributed by atoms with E-state index in [-0.39, 0.29) is 4.90 Å². The van der Waals surface area contributed by atoms with Crippen LogP contribution in [-0.4, -0.2) is 30.5 Å². The van der Waals surface area contributed by atoms with E-state index in [1.807, 2.05) is 42.0 Å². The van der Waals surface area contributed by atoms with Gasteiger partial charge < -0.3 is 9.88 Å². The zero-order chi connectivity index (χ0) is 20.0. The van der Waals surface area contributed by atoms with Crippen LogP contribution in [0.5, 0.6) is 0 Å². The molecule has 0 fully saturated rings. The second-order valence-electron chi connectivity index (χ2n) is 6.29. The number of imidazole rings is 1. The fourth-order valence-corrected chi connectivity index (χ4v) is 3.93. The van der Waals surface area contributed by atoms with E-state index in [9.17, 15) is 13.2 Å². The van der Waals surface area contributed by atoms with Gasteiger partial charge in [0.15, 0.2) is 0 Å². The van der Waals surface area contributed by atoms with Crippen LogP contribution in [0.15, 0.2) is 72.1 Å². The number of hydrogen-bond donors (Lipinski definition) is 2. The van der Waals surface area contributed by atoms with Crippen LogP contribution >= 0.6 is 0 Å². The molecule has 28 heavy (non-hydrogen) atoms. The smallest absolute Gasteiger partial charge is 0.328 e. The number of amides is 2. The molecule has 2 amide bonds. The second-order valence-corrected chi connectivity index (χ2v) is 7.94. The lowest BCUT2D eigenvalue weighted by atomic mass is 10.0. The molecule has 0 aliphatic heterocycles. The Balaban J connectivity index is 1.84. The van der Waals surface area contributed by atoms with Crippen LogP contribution in [0, 0.1) is 0 Å². The van der Waals surface area contributed by atoms with Crippen LogP contribution in [0.25, 0.3) is 11.1 Å². The molecular formula is C20H22N4O3S. The second kappa shape index (κ2) is 8.71. The number of benzene rings is 2. The van der Waals surface area contributed by atoms with Crippen molar-refractivity contribution in [1.82, 2.24) is 19.6 Å². The monoisotopic (exact) mass is 398 g/mol. The highest BCUT2D eigenvalue weighted by molar-refractivity contribution is 7.90. The zero-order valence-corrected chi connectivity index (χ0v) is 16.3. The van der Waals surface area contributed by atoms with Crippen LogP contribution in [0.2, 0.25) is 0 Å². The van der Waals surface area contributed by atoms with E-state index in [0.717, 1.165) is 17.5 Å².